The number of hydrogen-bond donors (Lipinski definition) is 2. The van der Waals surface area contributed by atoms with Gasteiger partial charge in [-0.15, -0.1) is 0 Å². The Morgan fingerprint density at radius 2 is 1.58 bits per heavy atom. The van der Waals surface area contributed by atoms with Crippen molar-refractivity contribution in [3.63, 3.8) is 0 Å². The van der Waals surface area contributed by atoms with Gasteiger partial charge in [0.05, 0.1) is 10.6 Å². The third-order valence-corrected chi connectivity index (χ3v) is 6.63. The molecule has 0 atom stereocenters. The van der Waals surface area contributed by atoms with Crippen molar-refractivity contribution in [1.82, 2.24) is 15.0 Å². The topological polar surface area (TPSA) is 114 Å². The molecule has 33 heavy (non-hydrogen) atoms. The minimum Gasteiger partial charge on any atom is -0.340 e. The van der Waals surface area contributed by atoms with Crippen LogP contribution in [-0.4, -0.2) is 34.9 Å². The lowest BCUT2D eigenvalue weighted by molar-refractivity contribution is 0.102. The Balaban J connectivity index is 1.38. The Morgan fingerprint density at radius 1 is 0.818 bits per heavy atom. The van der Waals surface area contributed by atoms with Gasteiger partial charge in [0.15, 0.2) is 10.9 Å². The van der Waals surface area contributed by atoms with Gasteiger partial charge in [0.2, 0.25) is 0 Å². The number of rotatable bonds is 9. The Morgan fingerprint density at radius 3 is 2.30 bits per heavy atom. The van der Waals surface area contributed by atoms with Gasteiger partial charge >= 0.3 is 0 Å². The Kier molecular flexibility index (Phi) is 6.96. The molecule has 0 saturated heterocycles. The summed E-state index contributed by atoms with van der Waals surface area (Å²) >= 11 is 1.25. The second-order valence-corrected chi connectivity index (χ2v) is 9.40. The molecular formula is C23H19N5O3S2. The molecule has 0 aliphatic heterocycles. The monoisotopic (exact) mass is 477 g/mol. The van der Waals surface area contributed by atoms with Crippen LogP contribution in [0.5, 0.6) is 0 Å². The van der Waals surface area contributed by atoms with E-state index < -0.39 is 10.0 Å². The highest BCUT2D eigenvalue weighted by atomic mass is 32.2. The summed E-state index contributed by atoms with van der Waals surface area (Å²) in [7, 11) is -3.75. The van der Waals surface area contributed by atoms with Gasteiger partial charge in [-0.1, -0.05) is 48.2 Å². The van der Waals surface area contributed by atoms with E-state index in [0.717, 1.165) is 0 Å². The van der Waals surface area contributed by atoms with E-state index in [0.29, 0.717) is 22.2 Å². The molecule has 10 heteroatoms. The molecule has 4 rings (SSSR count). The quantitative estimate of drug-likeness (QED) is 0.207. The van der Waals surface area contributed by atoms with Gasteiger partial charge in [-0.2, -0.15) is 0 Å². The van der Waals surface area contributed by atoms with Crippen LogP contribution in [-0.2, 0) is 10.0 Å². The van der Waals surface area contributed by atoms with Crippen LogP contribution in [0.15, 0.2) is 101 Å². The van der Waals surface area contributed by atoms with Crippen LogP contribution in [0.2, 0.25) is 0 Å². The minimum absolute atomic E-state index is 0.00123. The molecule has 0 aliphatic rings. The number of nitrogens with one attached hydrogen (secondary N) is 2. The molecule has 2 aromatic carbocycles. The molecular weight excluding hydrogens is 458 g/mol. The maximum Gasteiger partial charge on any atom is 0.263 e. The highest BCUT2D eigenvalue weighted by Gasteiger charge is 2.14. The fraction of sp³-hybridized carbons (Fsp3) is 0.0435. The number of Topliss-reactive ketones (excluding diaryl/α,β-unsaturated/α-hetero) is 1. The first-order valence-corrected chi connectivity index (χ1v) is 12.3. The Hall–Kier alpha value is -3.76. The fourth-order valence-electron chi connectivity index (χ4n) is 2.80. The minimum atomic E-state index is -3.75. The molecule has 0 radical (unpaired) electrons. The molecule has 0 aliphatic carbocycles. The molecule has 4 aromatic rings. The lowest BCUT2D eigenvalue weighted by Crippen LogP contribution is -2.13. The largest absolute Gasteiger partial charge is 0.340 e. The second kappa shape index (κ2) is 10.2. The van der Waals surface area contributed by atoms with Crippen molar-refractivity contribution in [1.29, 1.82) is 0 Å². The van der Waals surface area contributed by atoms with Gasteiger partial charge in [0, 0.05) is 23.6 Å². The highest BCUT2D eigenvalue weighted by molar-refractivity contribution is 7.99. The first-order valence-electron chi connectivity index (χ1n) is 9.85. The van der Waals surface area contributed by atoms with Crippen molar-refractivity contribution in [2.45, 2.75) is 10.1 Å². The van der Waals surface area contributed by atoms with E-state index in [1.807, 2.05) is 18.2 Å². The van der Waals surface area contributed by atoms with E-state index in [4.69, 9.17) is 0 Å². The van der Waals surface area contributed by atoms with E-state index in [9.17, 15) is 13.2 Å². The number of pyridine rings is 1. The smallest absolute Gasteiger partial charge is 0.263 e. The van der Waals surface area contributed by atoms with Crippen LogP contribution in [0.25, 0.3) is 0 Å². The third-order valence-electron chi connectivity index (χ3n) is 4.40. The molecule has 2 heterocycles. The zero-order chi connectivity index (χ0) is 23.1. The third kappa shape index (κ3) is 6.15. The summed E-state index contributed by atoms with van der Waals surface area (Å²) in [5, 5.41) is 3.58. The fourth-order valence-corrected chi connectivity index (χ4v) is 4.54. The molecule has 0 saturated carbocycles. The van der Waals surface area contributed by atoms with E-state index >= 15 is 0 Å². The second-order valence-electron chi connectivity index (χ2n) is 6.77. The summed E-state index contributed by atoms with van der Waals surface area (Å²) in [4.78, 5) is 25.0. The molecule has 0 amide bonds. The van der Waals surface area contributed by atoms with Crippen molar-refractivity contribution in [2.24, 2.45) is 0 Å². The summed E-state index contributed by atoms with van der Waals surface area (Å²) in [6, 6.07) is 22.0. The predicted molar refractivity (Wildman–Crippen MR) is 128 cm³/mol. The van der Waals surface area contributed by atoms with Crippen LogP contribution in [0.3, 0.4) is 0 Å². The summed E-state index contributed by atoms with van der Waals surface area (Å²) in [5.74, 6) is 1.00. The molecule has 0 bridgehead atoms. The van der Waals surface area contributed by atoms with Crippen LogP contribution >= 0.6 is 11.8 Å². The maximum atomic E-state index is 12.5. The first-order chi connectivity index (χ1) is 16.0. The average Bonchev–Trinajstić information content (AvgIpc) is 2.84. The zero-order valence-corrected chi connectivity index (χ0v) is 18.9. The highest BCUT2D eigenvalue weighted by Crippen LogP contribution is 2.21. The van der Waals surface area contributed by atoms with Gasteiger partial charge in [-0.25, -0.2) is 23.4 Å². The standard InChI is InChI=1S/C23H19N5O3S2/c29-20(17-6-2-1-3-7-17)16-32-23-25-15-13-22(27-23)26-18-9-11-19(12-10-18)33(30,31)28-21-8-4-5-14-24-21/h1-15H,16H2,(H,24,28)(H,25,26,27). The number of carbonyl (C=O) groups is 1. The summed E-state index contributed by atoms with van der Waals surface area (Å²) in [5.41, 5.74) is 1.30. The number of anilines is 3. The summed E-state index contributed by atoms with van der Waals surface area (Å²) in [6.07, 6.45) is 3.11. The predicted octanol–water partition coefficient (Wildman–Crippen LogP) is 4.39. The van der Waals surface area contributed by atoms with Gasteiger partial charge in [-0.3, -0.25) is 9.52 Å². The molecule has 2 N–H and O–H groups in total. The number of thioether (sulfide) groups is 1. The van der Waals surface area contributed by atoms with E-state index in [1.54, 1.807) is 54.7 Å². The van der Waals surface area contributed by atoms with Crippen molar-refractivity contribution in [3.8, 4) is 0 Å². The van der Waals surface area contributed by atoms with E-state index in [2.05, 4.69) is 25.0 Å². The SMILES string of the molecule is O=C(CSc1nccc(Nc2ccc(S(=O)(=O)Nc3ccccn3)cc2)n1)c1ccccc1. The molecule has 0 fully saturated rings. The van der Waals surface area contributed by atoms with Crippen LogP contribution < -0.4 is 10.0 Å². The van der Waals surface area contributed by atoms with Crippen LogP contribution in [0.1, 0.15) is 10.4 Å². The number of benzene rings is 2. The number of nitrogens with zero attached hydrogens (tertiary/aromatic N) is 3. The molecule has 2 aromatic heterocycles. The number of carbonyl (C=O) groups excluding carboxylic acids is 1. The van der Waals surface area contributed by atoms with Gasteiger partial charge < -0.3 is 5.32 Å². The van der Waals surface area contributed by atoms with Crippen molar-refractivity contribution in [3.05, 3.63) is 96.8 Å². The Labute approximate surface area is 195 Å². The van der Waals surface area contributed by atoms with Gasteiger partial charge in [-0.05, 0) is 42.5 Å². The zero-order valence-electron chi connectivity index (χ0n) is 17.3. The Bertz CT molecular complexity index is 1330. The van der Waals surface area contributed by atoms with E-state index in [1.165, 1.54) is 30.1 Å². The lowest BCUT2D eigenvalue weighted by Gasteiger charge is -2.09. The summed E-state index contributed by atoms with van der Waals surface area (Å²) < 4.78 is 27.5. The molecule has 0 spiro atoms. The van der Waals surface area contributed by atoms with E-state index in [-0.39, 0.29) is 22.2 Å². The maximum absolute atomic E-state index is 12.5. The average molecular weight is 478 g/mol. The number of aromatic nitrogens is 3. The molecule has 0 unspecified atom stereocenters. The van der Waals surface area contributed by atoms with Crippen LogP contribution in [0.4, 0.5) is 17.3 Å². The molecule has 166 valence electrons. The summed E-state index contributed by atoms with van der Waals surface area (Å²) in [6.45, 7) is 0. The molecule has 8 nitrogen and oxygen atoms in total. The van der Waals surface area contributed by atoms with Gasteiger partial charge in [0.1, 0.15) is 11.6 Å². The van der Waals surface area contributed by atoms with Crippen molar-refractivity contribution >= 4 is 44.9 Å². The number of sulfonamides is 1. The van der Waals surface area contributed by atoms with Crippen LogP contribution in [0, 0.1) is 0 Å². The van der Waals surface area contributed by atoms with Crippen molar-refractivity contribution in [2.75, 3.05) is 15.8 Å². The van der Waals surface area contributed by atoms with Gasteiger partial charge in [0.25, 0.3) is 10.0 Å². The first kappa shape index (κ1) is 22.4. The van der Waals surface area contributed by atoms with Crippen molar-refractivity contribution < 1.29 is 13.2 Å². The lowest BCUT2D eigenvalue weighted by atomic mass is 10.2. The normalized spacial score (nSPS) is 11.0. The number of hydrogen-bond acceptors (Lipinski definition) is 8. The number of ketones is 1.